The number of H-pyrrole nitrogens is 2. The smallest absolute Gasteiger partial charge is 0.134 e. The number of benzene rings is 7. The van der Waals surface area contributed by atoms with Gasteiger partial charge in [-0.2, -0.15) is 0 Å². The maximum Gasteiger partial charge on any atom is 0.134 e. The van der Waals surface area contributed by atoms with Gasteiger partial charge in [0.1, 0.15) is 23.0 Å². The summed E-state index contributed by atoms with van der Waals surface area (Å²) in [5.74, 6) is 0.236. The highest BCUT2D eigenvalue weighted by Gasteiger charge is 2.20. The minimum absolute atomic E-state index is 0.0472. The lowest BCUT2D eigenvalue weighted by atomic mass is 10.0. The Kier molecular flexibility index (Phi) is 10.7. The van der Waals surface area contributed by atoms with Gasteiger partial charge in [-0.25, -0.2) is 29.9 Å². The van der Waals surface area contributed by atoms with Crippen molar-refractivity contribution in [1.29, 1.82) is 0 Å². The molecule has 0 unspecified atom stereocenters. The molecule has 0 spiro atoms. The SMILES string of the molecule is Oc1c2cccc1c1ccc3ccc4ccc(nc4c3n1)c1cccc(c1O)c1ccc([nH]1)c(-c1cnc3c(ccc4cc(-c5c6nc(c7cccc(c7O)c7ccc8ccc9ccc(nc9c8n7)c7cccc(c7O)c7ccc5[nH]7)C=C6)cnc43)c1)c1nc2C=C1. The average molecular weight is 1190 g/mol. The van der Waals surface area contributed by atoms with Gasteiger partial charge in [-0.15, -0.1) is 0 Å². The number of phenols is 4. The van der Waals surface area contributed by atoms with Crippen molar-refractivity contribution in [3.63, 3.8) is 0 Å². The molecule has 0 atom stereocenters. The molecule has 2 aliphatic rings. The summed E-state index contributed by atoms with van der Waals surface area (Å²) in [6.07, 6.45) is 11.4. The van der Waals surface area contributed by atoms with E-state index in [2.05, 4.69) is 22.1 Å². The first-order valence-electron chi connectivity index (χ1n) is 30.0. The second kappa shape index (κ2) is 19.3. The predicted octanol–water partition coefficient (Wildman–Crippen LogP) is 18.1. The number of aromatic nitrogens is 10. The third kappa shape index (κ3) is 7.74. The van der Waals surface area contributed by atoms with Crippen LogP contribution in [-0.2, 0) is 0 Å². The van der Waals surface area contributed by atoms with E-state index in [1.807, 2.05) is 219 Å². The molecular formula is C78H44N10O4. The number of hydrogen-bond acceptors (Lipinski definition) is 12. The first-order chi connectivity index (χ1) is 45.2. The van der Waals surface area contributed by atoms with Gasteiger partial charge in [0.15, 0.2) is 0 Å². The monoisotopic (exact) mass is 1180 g/mol. The number of pyridine rings is 6. The van der Waals surface area contributed by atoms with E-state index in [9.17, 15) is 20.4 Å². The van der Waals surface area contributed by atoms with Gasteiger partial charge >= 0.3 is 0 Å². The van der Waals surface area contributed by atoms with Crippen LogP contribution in [0.5, 0.6) is 23.0 Å². The van der Waals surface area contributed by atoms with Gasteiger partial charge in [0, 0.05) is 132 Å². The molecule has 17 aromatic rings. The van der Waals surface area contributed by atoms with Crippen molar-refractivity contribution in [3.05, 3.63) is 229 Å². The molecule has 10 aromatic heterocycles. The fourth-order valence-corrected chi connectivity index (χ4v) is 13.6. The summed E-state index contributed by atoms with van der Waals surface area (Å²) in [6.45, 7) is 0. The maximum absolute atomic E-state index is 12.2. The highest BCUT2D eigenvalue weighted by molar-refractivity contribution is 6.12. The normalized spacial score (nSPS) is 12.4. The van der Waals surface area contributed by atoms with Crippen molar-refractivity contribution in [3.8, 4) is 45.3 Å². The molecule has 24 bridgehead atoms. The lowest BCUT2D eigenvalue weighted by Crippen LogP contribution is -1.92. The van der Waals surface area contributed by atoms with Crippen molar-refractivity contribution >= 4 is 177 Å². The van der Waals surface area contributed by atoms with Crippen LogP contribution in [0.2, 0.25) is 0 Å². The van der Waals surface area contributed by atoms with E-state index in [4.69, 9.17) is 39.9 Å². The van der Waals surface area contributed by atoms with Crippen molar-refractivity contribution in [2.24, 2.45) is 0 Å². The molecule has 12 heterocycles. The molecule has 14 nitrogen and oxygen atoms in total. The zero-order valence-corrected chi connectivity index (χ0v) is 48.3. The summed E-state index contributed by atoms with van der Waals surface area (Å²) in [5, 5.41) is 58.4. The van der Waals surface area contributed by atoms with Crippen LogP contribution in [0.4, 0.5) is 0 Å². The number of aromatic amines is 2. The first-order valence-corrected chi connectivity index (χ1v) is 30.0. The number of para-hydroxylation sites is 4. The van der Waals surface area contributed by atoms with Gasteiger partial charge in [-0.05, 0) is 133 Å². The molecule has 430 valence electrons. The van der Waals surface area contributed by atoms with Crippen molar-refractivity contribution in [1.82, 2.24) is 49.8 Å². The number of nitrogens with one attached hydrogen (secondary N) is 2. The Hall–Kier alpha value is -12.9. The fraction of sp³-hybridized carbons (Fsp3) is 0. The molecule has 7 aromatic carbocycles. The van der Waals surface area contributed by atoms with Gasteiger partial charge in [0.25, 0.3) is 0 Å². The fourth-order valence-electron chi connectivity index (χ4n) is 13.6. The zero-order valence-electron chi connectivity index (χ0n) is 48.3. The summed E-state index contributed by atoms with van der Waals surface area (Å²) in [7, 11) is 0. The second-order valence-corrected chi connectivity index (χ2v) is 23.4. The van der Waals surface area contributed by atoms with Gasteiger partial charge in [-0.3, -0.25) is 9.97 Å². The molecule has 19 rings (SSSR count). The summed E-state index contributed by atoms with van der Waals surface area (Å²) < 4.78 is 0. The Morgan fingerprint density at radius 3 is 0.913 bits per heavy atom. The van der Waals surface area contributed by atoms with Crippen LogP contribution < -0.4 is 0 Å². The molecule has 0 saturated carbocycles. The Labute approximate surface area is 519 Å². The van der Waals surface area contributed by atoms with E-state index >= 15 is 0 Å². The topological polar surface area (TPSA) is 216 Å². The summed E-state index contributed by atoms with van der Waals surface area (Å²) in [5.41, 5.74) is 14.6. The molecule has 0 amide bonds. The lowest BCUT2D eigenvalue weighted by molar-refractivity contribution is 0.486. The van der Waals surface area contributed by atoms with Crippen LogP contribution in [0.25, 0.3) is 199 Å². The van der Waals surface area contributed by atoms with E-state index in [1.54, 1.807) is 0 Å². The maximum atomic E-state index is 12.2. The van der Waals surface area contributed by atoms with Crippen molar-refractivity contribution in [2.75, 3.05) is 0 Å². The number of fused-ring (bicyclic) bond motifs is 31. The van der Waals surface area contributed by atoms with Crippen molar-refractivity contribution < 1.29 is 20.4 Å². The summed E-state index contributed by atoms with van der Waals surface area (Å²) in [4.78, 5) is 48.7. The number of phenolic OH excluding ortho intramolecular Hbond substituents is 4. The van der Waals surface area contributed by atoms with Gasteiger partial charge in [0.2, 0.25) is 0 Å². The number of aromatic hydroxyl groups is 4. The molecular weight excluding hydrogens is 1140 g/mol. The second-order valence-electron chi connectivity index (χ2n) is 23.4. The molecule has 0 saturated heterocycles. The highest BCUT2D eigenvalue weighted by Crippen LogP contribution is 2.42. The van der Waals surface area contributed by atoms with Crippen LogP contribution in [0.1, 0.15) is 22.8 Å². The Morgan fingerprint density at radius 2 is 0.543 bits per heavy atom. The molecule has 2 aliphatic heterocycles. The standard InChI is InChI=1S/C78H44N10O4/c89-75-47-5-1-9-51(75)59-23-19-39-13-14-40-20-24-60(86-72(40)71(39)85-59)52-10-2-6-48(76(52)90)56-28-32-64(82-56)67(63-31-27-55(47)81-63)45-35-43-17-18-44-36-46(38-80-70(44)69(43)79-37-45)68-65-33-29-57(83-65)49-7-3-11-53(77(49)91)61-25-21-41-15-16-42-22-26-62(88-74(42)73(41)87-61)54-12-4-8-50(78(54)92)58-30-34-66(68)84-58/h1-38,81,83,89-92H. The number of rotatable bonds is 2. The van der Waals surface area contributed by atoms with Crippen LogP contribution >= 0.6 is 0 Å². The summed E-state index contributed by atoms with van der Waals surface area (Å²) >= 11 is 0. The van der Waals surface area contributed by atoms with Gasteiger partial charge in [-0.1, -0.05) is 84.9 Å². The molecule has 92 heavy (non-hydrogen) atoms. The predicted molar refractivity (Wildman–Crippen MR) is 371 cm³/mol. The van der Waals surface area contributed by atoms with E-state index in [0.717, 1.165) is 65.6 Å². The minimum Gasteiger partial charge on any atom is -0.507 e. The quantitative estimate of drug-likeness (QED) is 0.0892. The number of hydrogen-bond donors (Lipinski definition) is 6. The lowest BCUT2D eigenvalue weighted by Gasteiger charge is -2.09. The van der Waals surface area contributed by atoms with Gasteiger partial charge in [0.05, 0.1) is 77.9 Å². The summed E-state index contributed by atoms with van der Waals surface area (Å²) in [6, 6.07) is 62.4. The van der Waals surface area contributed by atoms with Gasteiger partial charge < -0.3 is 30.4 Å². The van der Waals surface area contributed by atoms with E-state index < -0.39 is 0 Å². The largest absolute Gasteiger partial charge is 0.507 e. The number of nitrogens with zero attached hydrogens (tertiary/aromatic N) is 8. The molecule has 0 fully saturated rings. The third-order valence-electron chi connectivity index (χ3n) is 18.2. The first kappa shape index (κ1) is 51.1. The molecule has 0 aliphatic carbocycles. The van der Waals surface area contributed by atoms with Crippen LogP contribution in [-0.4, -0.2) is 70.3 Å². The molecule has 14 heteroatoms. The van der Waals surface area contributed by atoms with Crippen LogP contribution in [0.15, 0.2) is 207 Å². The highest BCUT2D eigenvalue weighted by atomic mass is 16.3. The van der Waals surface area contributed by atoms with E-state index in [0.29, 0.717) is 132 Å². The Morgan fingerprint density at radius 1 is 0.250 bits per heavy atom. The van der Waals surface area contributed by atoms with Crippen LogP contribution in [0.3, 0.4) is 0 Å². The third-order valence-corrected chi connectivity index (χ3v) is 18.2. The Bertz CT molecular complexity index is 6200. The Balaban J connectivity index is 0.806. The van der Waals surface area contributed by atoms with E-state index in [-0.39, 0.29) is 23.0 Å². The zero-order chi connectivity index (χ0) is 61.0. The molecule has 0 radical (unpaired) electrons. The van der Waals surface area contributed by atoms with Crippen molar-refractivity contribution in [2.45, 2.75) is 0 Å². The molecule has 6 N–H and O–H groups in total. The van der Waals surface area contributed by atoms with E-state index in [1.165, 1.54) is 0 Å². The average Bonchev–Trinajstić information content (AvgIpc) is 1.14. The minimum atomic E-state index is 0.0472. The van der Waals surface area contributed by atoms with Crippen LogP contribution in [0, 0.1) is 0 Å².